The molecule has 120 valence electrons. The van der Waals surface area contributed by atoms with Gasteiger partial charge in [0.1, 0.15) is 4.64 Å². The van der Waals surface area contributed by atoms with Crippen LogP contribution in [0, 0.1) is 25.4 Å². The third kappa shape index (κ3) is 4.26. The summed E-state index contributed by atoms with van der Waals surface area (Å²) >= 11 is 5.04. The summed E-state index contributed by atoms with van der Waals surface area (Å²) in [5.74, 6) is -0.654. The van der Waals surface area contributed by atoms with Crippen molar-refractivity contribution < 1.29 is 9.59 Å². The number of carbonyl (C=O) groups excluding carboxylic acids is 2. The Morgan fingerprint density at radius 1 is 1.17 bits per heavy atom. The molecule has 0 atom stereocenters. The second kappa shape index (κ2) is 7.19. The molecule has 0 spiro atoms. The normalized spacial score (nSPS) is 10.2. The summed E-state index contributed by atoms with van der Waals surface area (Å²) in [6.07, 6.45) is 1.65. The Morgan fingerprint density at radius 3 is 2.43 bits per heavy atom. The number of pyridine rings is 1. The molecule has 1 aromatic heterocycles. The van der Waals surface area contributed by atoms with Crippen molar-refractivity contribution in [2.24, 2.45) is 0 Å². The number of hydrogen-bond acceptors (Lipinski definition) is 3. The summed E-state index contributed by atoms with van der Waals surface area (Å²) < 4.78 is 0.343. The molecule has 6 heteroatoms. The molecule has 0 aliphatic carbocycles. The van der Waals surface area contributed by atoms with E-state index in [1.807, 2.05) is 32.9 Å². The van der Waals surface area contributed by atoms with Crippen molar-refractivity contribution in [3.63, 3.8) is 0 Å². The highest BCUT2D eigenvalue weighted by Crippen LogP contribution is 2.21. The van der Waals surface area contributed by atoms with Crippen molar-refractivity contribution in [1.82, 2.24) is 10.3 Å². The van der Waals surface area contributed by atoms with Crippen LogP contribution in [0.3, 0.4) is 0 Å². The van der Waals surface area contributed by atoms with Gasteiger partial charge in [0, 0.05) is 11.9 Å². The number of aromatic nitrogens is 1. The van der Waals surface area contributed by atoms with Gasteiger partial charge < -0.3 is 15.6 Å². The largest absolute Gasteiger partial charge is 0.352 e. The Balaban J connectivity index is 2.00. The van der Waals surface area contributed by atoms with Crippen LogP contribution in [-0.2, 0) is 4.79 Å². The molecule has 1 aromatic carbocycles. The minimum Gasteiger partial charge on any atom is -0.352 e. The zero-order valence-corrected chi connectivity index (χ0v) is 14.1. The fourth-order valence-electron chi connectivity index (χ4n) is 2.42. The summed E-state index contributed by atoms with van der Waals surface area (Å²) in [4.78, 5) is 26.9. The molecule has 0 bridgehead atoms. The molecular formula is C17H19N3O2S. The fourth-order valence-corrected chi connectivity index (χ4v) is 2.65. The zero-order chi connectivity index (χ0) is 17.0. The van der Waals surface area contributed by atoms with E-state index >= 15 is 0 Å². The number of amides is 2. The van der Waals surface area contributed by atoms with E-state index in [4.69, 9.17) is 12.2 Å². The monoisotopic (exact) mass is 329 g/mol. The van der Waals surface area contributed by atoms with Crippen LogP contribution in [0.1, 0.15) is 27.0 Å². The minimum atomic E-state index is -0.376. The van der Waals surface area contributed by atoms with Crippen molar-refractivity contribution >= 4 is 29.7 Å². The van der Waals surface area contributed by atoms with E-state index in [-0.39, 0.29) is 18.4 Å². The second-order valence-electron chi connectivity index (χ2n) is 5.42. The maximum atomic E-state index is 12.1. The molecule has 0 aliphatic heterocycles. The van der Waals surface area contributed by atoms with Gasteiger partial charge in [-0.05, 0) is 44.0 Å². The van der Waals surface area contributed by atoms with Gasteiger partial charge in [-0.2, -0.15) is 0 Å². The first-order chi connectivity index (χ1) is 10.9. The summed E-state index contributed by atoms with van der Waals surface area (Å²) in [5, 5.41) is 5.41. The quantitative estimate of drug-likeness (QED) is 0.755. The van der Waals surface area contributed by atoms with Crippen LogP contribution in [0.4, 0.5) is 5.69 Å². The van der Waals surface area contributed by atoms with Gasteiger partial charge in [0.05, 0.1) is 12.1 Å². The summed E-state index contributed by atoms with van der Waals surface area (Å²) in [6, 6.07) is 7.30. The van der Waals surface area contributed by atoms with E-state index in [9.17, 15) is 9.59 Å². The van der Waals surface area contributed by atoms with Gasteiger partial charge in [-0.1, -0.05) is 29.9 Å². The van der Waals surface area contributed by atoms with Gasteiger partial charge in [0.2, 0.25) is 5.91 Å². The Hall–Kier alpha value is -2.47. The standard InChI is InChI=1S/C17H19N3O2S/c1-10-7-11(2)15(12(3)8-10)20-14(21)9-19-16(22)13-5-4-6-18-17(13)23/h4-8H,9H2,1-3H3,(H,18,23)(H,19,22)(H,20,21). The predicted octanol–water partition coefficient (Wildman–Crippen LogP) is 3.04. The smallest absolute Gasteiger partial charge is 0.254 e. The summed E-state index contributed by atoms with van der Waals surface area (Å²) in [7, 11) is 0. The average Bonchev–Trinajstić information content (AvgIpc) is 2.49. The topological polar surface area (TPSA) is 74.0 Å². The number of rotatable bonds is 4. The molecule has 3 N–H and O–H groups in total. The lowest BCUT2D eigenvalue weighted by molar-refractivity contribution is -0.115. The van der Waals surface area contributed by atoms with Crippen LogP contribution >= 0.6 is 12.2 Å². The molecule has 2 aromatic rings. The number of carbonyl (C=O) groups is 2. The summed E-state index contributed by atoms with van der Waals surface area (Å²) in [6.45, 7) is 5.78. The SMILES string of the molecule is Cc1cc(C)c(NC(=O)CNC(=O)c2ccc[nH]c2=S)c(C)c1. The molecule has 0 saturated heterocycles. The van der Waals surface area contributed by atoms with Gasteiger partial charge in [0.25, 0.3) is 5.91 Å². The molecule has 23 heavy (non-hydrogen) atoms. The van der Waals surface area contributed by atoms with E-state index in [1.54, 1.807) is 18.3 Å². The first kappa shape index (κ1) is 16.9. The van der Waals surface area contributed by atoms with Crippen molar-refractivity contribution in [2.45, 2.75) is 20.8 Å². The van der Waals surface area contributed by atoms with Crippen LogP contribution in [0.5, 0.6) is 0 Å². The number of hydrogen-bond donors (Lipinski definition) is 3. The third-order valence-electron chi connectivity index (χ3n) is 3.41. The highest BCUT2D eigenvalue weighted by molar-refractivity contribution is 7.71. The van der Waals surface area contributed by atoms with E-state index in [0.717, 1.165) is 22.4 Å². The lowest BCUT2D eigenvalue weighted by atomic mass is 10.1. The van der Waals surface area contributed by atoms with E-state index < -0.39 is 0 Å². The van der Waals surface area contributed by atoms with Crippen LogP contribution in [-0.4, -0.2) is 23.3 Å². The number of aryl methyl sites for hydroxylation is 3. The highest BCUT2D eigenvalue weighted by Gasteiger charge is 2.11. The number of H-pyrrole nitrogens is 1. The van der Waals surface area contributed by atoms with Crippen molar-refractivity contribution in [2.75, 3.05) is 11.9 Å². The lowest BCUT2D eigenvalue weighted by Crippen LogP contribution is -2.33. The van der Waals surface area contributed by atoms with Crippen LogP contribution in [0.25, 0.3) is 0 Å². The molecule has 0 aliphatic rings. The van der Waals surface area contributed by atoms with Gasteiger partial charge in [0.15, 0.2) is 0 Å². The third-order valence-corrected chi connectivity index (χ3v) is 3.75. The first-order valence-electron chi connectivity index (χ1n) is 7.22. The Labute approximate surface area is 140 Å². The van der Waals surface area contributed by atoms with E-state index in [2.05, 4.69) is 15.6 Å². The minimum absolute atomic E-state index is 0.116. The molecule has 0 saturated carbocycles. The molecule has 1 heterocycles. The summed E-state index contributed by atoms with van der Waals surface area (Å²) in [5.41, 5.74) is 4.26. The number of nitrogens with one attached hydrogen (secondary N) is 3. The van der Waals surface area contributed by atoms with Crippen molar-refractivity contribution in [1.29, 1.82) is 0 Å². The second-order valence-corrected chi connectivity index (χ2v) is 5.83. The van der Waals surface area contributed by atoms with Crippen LogP contribution in [0.15, 0.2) is 30.5 Å². The van der Waals surface area contributed by atoms with E-state index in [1.165, 1.54) is 0 Å². The number of aromatic amines is 1. The maximum absolute atomic E-state index is 12.1. The number of anilines is 1. The van der Waals surface area contributed by atoms with Crippen molar-refractivity contribution in [3.8, 4) is 0 Å². The maximum Gasteiger partial charge on any atom is 0.254 e. The molecule has 0 radical (unpaired) electrons. The Morgan fingerprint density at radius 2 is 1.83 bits per heavy atom. The molecule has 0 unspecified atom stereocenters. The average molecular weight is 329 g/mol. The van der Waals surface area contributed by atoms with Crippen LogP contribution in [0.2, 0.25) is 0 Å². The molecule has 2 amide bonds. The Kier molecular flexibility index (Phi) is 5.28. The molecular weight excluding hydrogens is 310 g/mol. The zero-order valence-electron chi connectivity index (χ0n) is 13.3. The molecule has 0 fully saturated rings. The number of benzene rings is 1. The van der Waals surface area contributed by atoms with Gasteiger partial charge in [-0.25, -0.2) is 0 Å². The predicted molar refractivity (Wildman–Crippen MR) is 93.2 cm³/mol. The van der Waals surface area contributed by atoms with Crippen LogP contribution < -0.4 is 10.6 Å². The lowest BCUT2D eigenvalue weighted by Gasteiger charge is -2.13. The van der Waals surface area contributed by atoms with Crippen molar-refractivity contribution in [3.05, 3.63) is 57.4 Å². The highest BCUT2D eigenvalue weighted by atomic mass is 32.1. The fraction of sp³-hybridized carbons (Fsp3) is 0.235. The Bertz CT molecular complexity index is 788. The van der Waals surface area contributed by atoms with E-state index in [0.29, 0.717) is 10.2 Å². The van der Waals surface area contributed by atoms with Gasteiger partial charge >= 0.3 is 0 Å². The van der Waals surface area contributed by atoms with Gasteiger partial charge in [-0.3, -0.25) is 9.59 Å². The molecule has 2 rings (SSSR count). The van der Waals surface area contributed by atoms with Gasteiger partial charge in [-0.15, -0.1) is 0 Å². The molecule has 5 nitrogen and oxygen atoms in total. The first-order valence-corrected chi connectivity index (χ1v) is 7.63.